The van der Waals surface area contributed by atoms with Crippen LogP contribution in [-0.4, -0.2) is 31.8 Å². The van der Waals surface area contributed by atoms with Gasteiger partial charge in [-0.1, -0.05) is 0 Å². The largest absolute Gasteiger partial charge is 0.468 e. The molecule has 64 valence electrons. The van der Waals surface area contributed by atoms with Crippen LogP contribution >= 0.6 is 0 Å². The summed E-state index contributed by atoms with van der Waals surface area (Å²) in [6.07, 6.45) is 0.177. The SMILES string of the molecule is COC(=O)[C@@H]1CC[C@@H](F)CN1. The number of nitrogens with one attached hydrogen (secondary N) is 1. The number of hydrogen-bond acceptors (Lipinski definition) is 3. The predicted octanol–water partition coefficient (Wildman–Crippen LogP) is 0.249. The number of ether oxygens (including phenoxy) is 1. The highest BCUT2D eigenvalue weighted by Gasteiger charge is 2.25. The summed E-state index contributed by atoms with van der Waals surface area (Å²) < 4.78 is 17.0. The highest BCUT2D eigenvalue weighted by Crippen LogP contribution is 2.11. The van der Waals surface area contributed by atoms with Crippen molar-refractivity contribution in [2.45, 2.75) is 25.1 Å². The van der Waals surface area contributed by atoms with Gasteiger partial charge in [0.15, 0.2) is 0 Å². The van der Waals surface area contributed by atoms with E-state index in [0.717, 1.165) is 0 Å². The number of rotatable bonds is 1. The lowest BCUT2D eigenvalue weighted by Crippen LogP contribution is -2.45. The highest BCUT2D eigenvalue weighted by atomic mass is 19.1. The summed E-state index contributed by atoms with van der Waals surface area (Å²) in [6.45, 7) is 0.264. The number of piperidine rings is 1. The molecule has 0 radical (unpaired) electrons. The first-order chi connectivity index (χ1) is 5.24. The molecule has 1 rings (SSSR count). The molecule has 3 nitrogen and oxygen atoms in total. The molecule has 0 saturated carbocycles. The first-order valence-electron chi connectivity index (χ1n) is 3.69. The van der Waals surface area contributed by atoms with E-state index in [1.54, 1.807) is 0 Å². The minimum absolute atomic E-state index is 0.264. The van der Waals surface area contributed by atoms with Crippen LogP contribution in [0.2, 0.25) is 0 Å². The third-order valence-electron chi connectivity index (χ3n) is 1.84. The van der Waals surface area contributed by atoms with E-state index in [1.807, 2.05) is 0 Å². The number of hydrogen-bond donors (Lipinski definition) is 1. The van der Waals surface area contributed by atoms with Crippen molar-refractivity contribution in [1.82, 2.24) is 5.32 Å². The average Bonchev–Trinajstić information content (AvgIpc) is 2.05. The summed E-state index contributed by atoms with van der Waals surface area (Å²) in [5.74, 6) is -0.295. The molecule has 0 bridgehead atoms. The molecule has 1 heterocycles. The van der Waals surface area contributed by atoms with Gasteiger partial charge in [-0.15, -0.1) is 0 Å². The fourth-order valence-corrected chi connectivity index (χ4v) is 1.17. The molecule has 0 aliphatic carbocycles. The molecule has 0 unspecified atom stereocenters. The summed E-state index contributed by atoms with van der Waals surface area (Å²) >= 11 is 0. The molecule has 1 fully saturated rings. The van der Waals surface area contributed by atoms with Crippen molar-refractivity contribution in [2.24, 2.45) is 0 Å². The average molecular weight is 161 g/mol. The molecule has 0 aromatic carbocycles. The van der Waals surface area contributed by atoms with Gasteiger partial charge in [-0.3, -0.25) is 4.79 Å². The Morgan fingerprint density at radius 2 is 2.36 bits per heavy atom. The second kappa shape index (κ2) is 3.67. The van der Waals surface area contributed by atoms with Crippen molar-refractivity contribution in [3.05, 3.63) is 0 Å². The smallest absolute Gasteiger partial charge is 0.322 e. The number of halogens is 1. The van der Waals surface area contributed by atoms with E-state index in [1.165, 1.54) is 7.11 Å². The van der Waals surface area contributed by atoms with Crippen molar-refractivity contribution in [3.63, 3.8) is 0 Å². The molecule has 0 aromatic rings. The van der Waals surface area contributed by atoms with Gasteiger partial charge in [0.1, 0.15) is 12.2 Å². The van der Waals surface area contributed by atoms with Gasteiger partial charge in [0, 0.05) is 6.54 Å². The molecule has 2 atom stereocenters. The first kappa shape index (κ1) is 8.46. The Balaban J connectivity index is 2.33. The summed E-state index contributed by atoms with van der Waals surface area (Å²) in [6, 6.07) is -0.299. The van der Waals surface area contributed by atoms with E-state index in [-0.39, 0.29) is 18.6 Å². The summed E-state index contributed by atoms with van der Waals surface area (Å²) in [7, 11) is 1.34. The van der Waals surface area contributed by atoms with E-state index < -0.39 is 6.17 Å². The Hall–Kier alpha value is -0.640. The quantitative estimate of drug-likeness (QED) is 0.560. The molecule has 1 aliphatic rings. The van der Waals surface area contributed by atoms with Crippen molar-refractivity contribution in [1.29, 1.82) is 0 Å². The molecule has 0 spiro atoms. The number of alkyl halides is 1. The van der Waals surface area contributed by atoms with E-state index >= 15 is 0 Å². The van der Waals surface area contributed by atoms with E-state index in [0.29, 0.717) is 12.8 Å². The maximum Gasteiger partial charge on any atom is 0.322 e. The number of esters is 1. The minimum Gasteiger partial charge on any atom is -0.468 e. The Labute approximate surface area is 64.9 Å². The lowest BCUT2D eigenvalue weighted by molar-refractivity contribution is -0.144. The predicted molar refractivity (Wildman–Crippen MR) is 37.9 cm³/mol. The lowest BCUT2D eigenvalue weighted by Gasteiger charge is -2.23. The minimum atomic E-state index is -0.809. The topological polar surface area (TPSA) is 38.3 Å². The first-order valence-corrected chi connectivity index (χ1v) is 3.69. The molecular formula is C7H12FNO2. The summed E-state index contributed by atoms with van der Waals surface area (Å²) in [4.78, 5) is 10.9. The Morgan fingerprint density at radius 3 is 2.82 bits per heavy atom. The van der Waals surface area contributed by atoms with Crippen LogP contribution in [-0.2, 0) is 9.53 Å². The monoisotopic (exact) mass is 161 g/mol. The van der Waals surface area contributed by atoms with Gasteiger partial charge in [-0.25, -0.2) is 4.39 Å². The number of methoxy groups -OCH3 is 1. The molecule has 1 aliphatic heterocycles. The molecule has 0 amide bonds. The third kappa shape index (κ3) is 2.15. The van der Waals surface area contributed by atoms with Crippen LogP contribution in [0.15, 0.2) is 0 Å². The van der Waals surface area contributed by atoms with E-state index in [2.05, 4.69) is 10.1 Å². The van der Waals surface area contributed by atoms with Crippen LogP contribution in [0.5, 0.6) is 0 Å². The standard InChI is InChI=1S/C7H12FNO2/c1-11-7(10)6-3-2-5(8)4-9-6/h5-6,9H,2-4H2,1H3/t5-,6+/m1/s1. The molecule has 1 saturated heterocycles. The summed E-state index contributed by atoms with van der Waals surface area (Å²) in [5.41, 5.74) is 0. The van der Waals surface area contributed by atoms with Gasteiger partial charge < -0.3 is 10.1 Å². The van der Waals surface area contributed by atoms with Crippen molar-refractivity contribution >= 4 is 5.97 Å². The maximum absolute atomic E-state index is 12.5. The molecule has 11 heavy (non-hydrogen) atoms. The Kier molecular flexibility index (Phi) is 2.82. The van der Waals surface area contributed by atoms with E-state index in [4.69, 9.17) is 0 Å². The van der Waals surface area contributed by atoms with Crippen LogP contribution in [0.1, 0.15) is 12.8 Å². The zero-order valence-electron chi connectivity index (χ0n) is 6.47. The lowest BCUT2D eigenvalue weighted by atomic mass is 10.0. The number of carbonyl (C=O) groups is 1. The second-order valence-electron chi connectivity index (χ2n) is 2.66. The number of carbonyl (C=O) groups excluding carboxylic acids is 1. The van der Waals surface area contributed by atoms with Gasteiger partial charge in [0.05, 0.1) is 7.11 Å². The van der Waals surface area contributed by atoms with Crippen LogP contribution in [0.4, 0.5) is 4.39 Å². The molecular weight excluding hydrogens is 149 g/mol. The van der Waals surface area contributed by atoms with Gasteiger partial charge in [-0.05, 0) is 12.8 Å². The molecule has 1 N–H and O–H groups in total. The van der Waals surface area contributed by atoms with Gasteiger partial charge >= 0.3 is 5.97 Å². The third-order valence-corrected chi connectivity index (χ3v) is 1.84. The van der Waals surface area contributed by atoms with Crippen molar-refractivity contribution in [3.8, 4) is 0 Å². The fraction of sp³-hybridized carbons (Fsp3) is 0.857. The van der Waals surface area contributed by atoms with Crippen LogP contribution < -0.4 is 5.32 Å². The summed E-state index contributed by atoms with van der Waals surface area (Å²) in [5, 5.41) is 2.77. The van der Waals surface area contributed by atoms with Gasteiger partial charge in [0.25, 0.3) is 0 Å². The van der Waals surface area contributed by atoms with Crippen molar-refractivity contribution < 1.29 is 13.9 Å². The maximum atomic E-state index is 12.5. The Bertz CT molecular complexity index is 143. The van der Waals surface area contributed by atoms with E-state index in [9.17, 15) is 9.18 Å². The second-order valence-corrected chi connectivity index (χ2v) is 2.66. The van der Waals surface area contributed by atoms with Crippen molar-refractivity contribution in [2.75, 3.05) is 13.7 Å². The fourth-order valence-electron chi connectivity index (χ4n) is 1.17. The Morgan fingerprint density at radius 1 is 1.64 bits per heavy atom. The zero-order chi connectivity index (χ0) is 8.27. The van der Waals surface area contributed by atoms with Crippen LogP contribution in [0.25, 0.3) is 0 Å². The molecule has 4 heteroatoms. The van der Waals surface area contributed by atoms with Crippen LogP contribution in [0.3, 0.4) is 0 Å². The molecule has 0 aromatic heterocycles. The zero-order valence-corrected chi connectivity index (χ0v) is 6.47. The van der Waals surface area contributed by atoms with Crippen LogP contribution in [0, 0.1) is 0 Å². The van der Waals surface area contributed by atoms with Gasteiger partial charge in [-0.2, -0.15) is 0 Å². The highest BCUT2D eigenvalue weighted by molar-refractivity contribution is 5.75. The van der Waals surface area contributed by atoms with Gasteiger partial charge in [0.2, 0.25) is 0 Å². The normalized spacial score (nSPS) is 31.5.